The van der Waals surface area contributed by atoms with E-state index in [-0.39, 0.29) is 26.9 Å². The highest BCUT2D eigenvalue weighted by molar-refractivity contribution is 7.91. The van der Waals surface area contributed by atoms with Crippen molar-refractivity contribution in [3.05, 3.63) is 47.5 Å². The van der Waals surface area contributed by atoms with Crippen molar-refractivity contribution in [1.82, 2.24) is 0 Å². The molecule has 2 aromatic carbocycles. The van der Waals surface area contributed by atoms with E-state index in [2.05, 4.69) is 0 Å². The molecule has 0 amide bonds. The number of phenolic OH excluding ortho intramolecular Hbond substituents is 2. The topological polar surface area (TPSA) is 74.6 Å². The molecular formula is C14H14O4S. The summed E-state index contributed by atoms with van der Waals surface area (Å²) in [5, 5.41) is 19.4. The molecule has 0 saturated heterocycles. The minimum absolute atomic E-state index is 0.124. The van der Waals surface area contributed by atoms with Gasteiger partial charge in [0.1, 0.15) is 16.4 Å². The van der Waals surface area contributed by atoms with Crippen LogP contribution in [0.15, 0.2) is 46.2 Å². The van der Waals surface area contributed by atoms with Crippen molar-refractivity contribution < 1.29 is 18.6 Å². The first-order valence-corrected chi connectivity index (χ1v) is 7.16. The van der Waals surface area contributed by atoms with Crippen molar-refractivity contribution >= 4 is 9.84 Å². The van der Waals surface area contributed by atoms with Gasteiger partial charge in [-0.1, -0.05) is 18.2 Å². The summed E-state index contributed by atoms with van der Waals surface area (Å²) in [6.45, 7) is 3.14. The van der Waals surface area contributed by atoms with Crippen LogP contribution < -0.4 is 0 Å². The Morgan fingerprint density at radius 1 is 0.895 bits per heavy atom. The fraction of sp³-hybridized carbons (Fsp3) is 0.143. The zero-order valence-electron chi connectivity index (χ0n) is 10.6. The Bertz CT molecular complexity index is 733. The molecule has 0 fully saturated rings. The van der Waals surface area contributed by atoms with Crippen molar-refractivity contribution in [2.75, 3.05) is 0 Å². The van der Waals surface area contributed by atoms with Crippen molar-refractivity contribution in [1.29, 1.82) is 0 Å². The molecule has 0 aromatic heterocycles. The quantitative estimate of drug-likeness (QED) is 0.828. The summed E-state index contributed by atoms with van der Waals surface area (Å²) in [7, 11) is -3.86. The van der Waals surface area contributed by atoms with Crippen molar-refractivity contribution in [3.8, 4) is 11.5 Å². The molecule has 0 spiro atoms. The van der Waals surface area contributed by atoms with Gasteiger partial charge < -0.3 is 10.2 Å². The second-order valence-electron chi connectivity index (χ2n) is 4.33. The molecule has 2 aromatic rings. The van der Waals surface area contributed by atoms with Crippen molar-refractivity contribution in [3.63, 3.8) is 0 Å². The van der Waals surface area contributed by atoms with Crippen LogP contribution in [-0.4, -0.2) is 18.6 Å². The molecule has 19 heavy (non-hydrogen) atoms. The molecule has 0 aliphatic rings. The van der Waals surface area contributed by atoms with E-state index in [1.807, 2.05) is 0 Å². The van der Waals surface area contributed by atoms with E-state index in [9.17, 15) is 18.6 Å². The van der Waals surface area contributed by atoms with E-state index in [4.69, 9.17) is 0 Å². The highest BCUT2D eigenvalue weighted by Crippen LogP contribution is 2.36. The lowest BCUT2D eigenvalue weighted by Gasteiger charge is -2.12. The summed E-state index contributed by atoms with van der Waals surface area (Å²) in [6, 6.07) is 8.96. The van der Waals surface area contributed by atoms with Gasteiger partial charge in [-0.25, -0.2) is 8.42 Å². The van der Waals surface area contributed by atoms with Crippen LogP contribution in [0, 0.1) is 13.8 Å². The highest BCUT2D eigenvalue weighted by atomic mass is 32.2. The molecule has 0 heterocycles. The molecule has 2 N–H and O–H groups in total. The molecule has 2 rings (SSSR count). The van der Waals surface area contributed by atoms with Gasteiger partial charge >= 0.3 is 0 Å². The minimum Gasteiger partial charge on any atom is -0.508 e. The smallest absolute Gasteiger partial charge is 0.210 e. The van der Waals surface area contributed by atoms with E-state index in [1.165, 1.54) is 25.1 Å². The number of benzene rings is 2. The molecule has 0 unspecified atom stereocenters. The lowest BCUT2D eigenvalue weighted by Crippen LogP contribution is -2.06. The van der Waals surface area contributed by atoms with E-state index in [0.717, 1.165) is 0 Å². The first kappa shape index (κ1) is 13.4. The third kappa shape index (κ3) is 2.17. The zero-order chi connectivity index (χ0) is 14.2. The van der Waals surface area contributed by atoms with Gasteiger partial charge in [-0.15, -0.1) is 0 Å². The normalized spacial score (nSPS) is 11.5. The molecule has 0 aliphatic heterocycles. The largest absolute Gasteiger partial charge is 0.508 e. The maximum Gasteiger partial charge on any atom is 0.210 e. The summed E-state index contributed by atoms with van der Waals surface area (Å²) in [5.41, 5.74) is 0.730. The van der Waals surface area contributed by atoms with E-state index >= 15 is 0 Å². The second-order valence-corrected chi connectivity index (χ2v) is 6.18. The van der Waals surface area contributed by atoms with E-state index in [0.29, 0.717) is 5.56 Å². The lowest BCUT2D eigenvalue weighted by molar-refractivity contribution is 0.441. The molecule has 0 radical (unpaired) electrons. The van der Waals surface area contributed by atoms with Crippen LogP contribution >= 0.6 is 0 Å². The van der Waals surface area contributed by atoms with Crippen LogP contribution in [0.4, 0.5) is 0 Å². The summed E-state index contributed by atoms with van der Waals surface area (Å²) in [6.07, 6.45) is 0. The second kappa shape index (κ2) is 4.59. The molecule has 0 atom stereocenters. The number of phenols is 2. The first-order chi connectivity index (χ1) is 8.85. The highest BCUT2D eigenvalue weighted by Gasteiger charge is 2.26. The van der Waals surface area contributed by atoms with Crippen LogP contribution in [0.2, 0.25) is 0 Å². The van der Waals surface area contributed by atoms with Crippen molar-refractivity contribution in [2.45, 2.75) is 23.6 Å². The maximum absolute atomic E-state index is 12.6. The standard InChI is InChI=1S/C14H14O4S/c1-9-5-3-4-6-13(9)19(17,18)14-10(2)11(15)7-8-12(14)16/h3-8,15-16H,1-2H3. The first-order valence-electron chi connectivity index (χ1n) is 5.68. The van der Waals surface area contributed by atoms with E-state index in [1.54, 1.807) is 25.1 Å². The number of hydrogen-bond acceptors (Lipinski definition) is 4. The predicted molar refractivity (Wildman–Crippen MR) is 71.1 cm³/mol. The Hall–Kier alpha value is -2.01. The van der Waals surface area contributed by atoms with E-state index < -0.39 is 9.84 Å². The van der Waals surface area contributed by atoms with Crippen LogP contribution in [0.1, 0.15) is 11.1 Å². The lowest BCUT2D eigenvalue weighted by atomic mass is 10.2. The van der Waals surface area contributed by atoms with Gasteiger partial charge in [-0.05, 0) is 37.6 Å². The summed E-state index contributed by atoms with van der Waals surface area (Å²) in [4.78, 5) is -0.124. The SMILES string of the molecule is Cc1ccccc1S(=O)(=O)c1c(O)ccc(O)c1C. The van der Waals surface area contributed by atoms with Gasteiger partial charge in [0.15, 0.2) is 0 Å². The Labute approximate surface area is 111 Å². The fourth-order valence-corrected chi connectivity index (χ4v) is 3.79. The van der Waals surface area contributed by atoms with Gasteiger partial charge in [0, 0.05) is 5.56 Å². The molecule has 100 valence electrons. The number of aromatic hydroxyl groups is 2. The monoisotopic (exact) mass is 278 g/mol. The molecule has 4 nitrogen and oxygen atoms in total. The molecule has 0 saturated carbocycles. The molecule has 0 aliphatic carbocycles. The van der Waals surface area contributed by atoms with Crippen LogP contribution in [0.25, 0.3) is 0 Å². The Balaban J connectivity index is 2.79. The average molecular weight is 278 g/mol. The van der Waals surface area contributed by atoms with Gasteiger partial charge in [0.25, 0.3) is 0 Å². The molecular weight excluding hydrogens is 264 g/mol. The van der Waals surface area contributed by atoms with Crippen LogP contribution in [0.3, 0.4) is 0 Å². The van der Waals surface area contributed by atoms with Gasteiger partial charge in [0.05, 0.1) is 4.90 Å². The maximum atomic E-state index is 12.6. The van der Waals surface area contributed by atoms with Crippen molar-refractivity contribution in [2.24, 2.45) is 0 Å². The number of sulfone groups is 1. The number of aryl methyl sites for hydroxylation is 1. The summed E-state index contributed by atoms with van der Waals surface area (Å²) in [5.74, 6) is -0.525. The third-order valence-corrected chi connectivity index (χ3v) is 5.10. The number of hydrogen-bond donors (Lipinski definition) is 2. The molecule has 0 bridgehead atoms. The van der Waals surface area contributed by atoms with Crippen LogP contribution in [-0.2, 0) is 9.84 Å². The molecule has 5 heteroatoms. The predicted octanol–water partition coefficient (Wildman–Crippen LogP) is 2.55. The summed E-state index contributed by atoms with van der Waals surface area (Å²) < 4.78 is 25.2. The fourth-order valence-electron chi connectivity index (χ4n) is 1.97. The number of rotatable bonds is 2. The Kier molecular flexibility index (Phi) is 3.24. The van der Waals surface area contributed by atoms with Gasteiger partial charge in [-0.2, -0.15) is 0 Å². The Morgan fingerprint density at radius 3 is 2.11 bits per heavy atom. The minimum atomic E-state index is -3.86. The van der Waals surface area contributed by atoms with Crippen LogP contribution in [0.5, 0.6) is 11.5 Å². The average Bonchev–Trinajstić information content (AvgIpc) is 2.34. The van der Waals surface area contributed by atoms with Gasteiger partial charge in [-0.3, -0.25) is 0 Å². The zero-order valence-corrected chi connectivity index (χ0v) is 11.4. The Morgan fingerprint density at radius 2 is 1.47 bits per heavy atom. The summed E-state index contributed by atoms with van der Waals surface area (Å²) >= 11 is 0. The third-order valence-electron chi connectivity index (χ3n) is 3.01. The van der Waals surface area contributed by atoms with Gasteiger partial charge in [0.2, 0.25) is 9.84 Å².